The lowest BCUT2D eigenvalue weighted by molar-refractivity contribution is 0.298. The summed E-state index contributed by atoms with van der Waals surface area (Å²) in [6, 6.07) is 18.4. The van der Waals surface area contributed by atoms with Gasteiger partial charge in [-0.25, -0.2) is 8.42 Å². The highest BCUT2D eigenvalue weighted by atomic mass is 32.2. The molecule has 0 radical (unpaired) electrons. The summed E-state index contributed by atoms with van der Waals surface area (Å²) >= 11 is 0. The van der Waals surface area contributed by atoms with Crippen LogP contribution >= 0.6 is 0 Å². The summed E-state index contributed by atoms with van der Waals surface area (Å²) in [5, 5.41) is 0. The normalized spacial score (nSPS) is 17.5. The van der Waals surface area contributed by atoms with Gasteiger partial charge >= 0.3 is 0 Å². The fourth-order valence-corrected chi connectivity index (χ4v) is 5.41. The first-order valence-corrected chi connectivity index (χ1v) is 10.3. The Balaban J connectivity index is 1.82. The predicted octanol–water partition coefficient (Wildman–Crippen LogP) is 3.60. The Kier molecular flexibility index (Phi) is 4.53. The van der Waals surface area contributed by atoms with Crippen LogP contribution in [-0.2, 0) is 16.6 Å². The van der Waals surface area contributed by atoms with Gasteiger partial charge in [0.1, 0.15) is 5.75 Å². The maximum absolute atomic E-state index is 13.5. The number of fused-ring (bicyclic) bond motifs is 1. The maximum Gasteiger partial charge on any atom is 0.244 e. The Morgan fingerprint density at radius 1 is 1.00 bits per heavy atom. The number of hydrogen-bond acceptors (Lipinski definition) is 3. The lowest BCUT2D eigenvalue weighted by atomic mass is 10.0. The van der Waals surface area contributed by atoms with Gasteiger partial charge in [-0.15, -0.1) is 0 Å². The lowest BCUT2D eigenvalue weighted by Gasteiger charge is -2.36. The van der Waals surface area contributed by atoms with Gasteiger partial charge in [0, 0.05) is 25.0 Å². The molecule has 0 bridgehead atoms. The van der Waals surface area contributed by atoms with E-state index in [0.717, 1.165) is 16.8 Å². The van der Waals surface area contributed by atoms with Crippen molar-refractivity contribution in [1.82, 2.24) is 8.87 Å². The second-order valence-electron chi connectivity index (χ2n) is 6.69. The molecule has 0 saturated heterocycles. The zero-order valence-corrected chi connectivity index (χ0v) is 16.2. The van der Waals surface area contributed by atoms with Gasteiger partial charge in [-0.1, -0.05) is 30.3 Å². The summed E-state index contributed by atoms with van der Waals surface area (Å²) in [7, 11) is -2.08. The second kappa shape index (κ2) is 6.87. The van der Waals surface area contributed by atoms with E-state index in [-0.39, 0.29) is 6.04 Å². The molecule has 1 aliphatic rings. The fourth-order valence-electron chi connectivity index (χ4n) is 3.74. The van der Waals surface area contributed by atoms with Crippen molar-refractivity contribution >= 4 is 10.0 Å². The van der Waals surface area contributed by atoms with Crippen LogP contribution in [0.1, 0.15) is 22.9 Å². The molecule has 0 N–H and O–H groups in total. The van der Waals surface area contributed by atoms with E-state index in [0.29, 0.717) is 23.7 Å². The lowest BCUT2D eigenvalue weighted by Crippen LogP contribution is -2.42. The predicted molar refractivity (Wildman–Crippen MR) is 104 cm³/mol. The smallest absolute Gasteiger partial charge is 0.244 e. The topological polar surface area (TPSA) is 51.5 Å². The number of methoxy groups -OCH3 is 1. The van der Waals surface area contributed by atoms with Crippen LogP contribution in [0, 0.1) is 6.92 Å². The van der Waals surface area contributed by atoms with Gasteiger partial charge in [0.2, 0.25) is 10.0 Å². The molecule has 1 aromatic heterocycles. The number of sulfonamides is 1. The van der Waals surface area contributed by atoms with Crippen molar-refractivity contribution in [2.45, 2.75) is 24.4 Å². The van der Waals surface area contributed by atoms with Crippen LogP contribution in [0.3, 0.4) is 0 Å². The zero-order valence-electron chi connectivity index (χ0n) is 15.4. The maximum atomic E-state index is 13.5. The van der Waals surface area contributed by atoms with Crippen molar-refractivity contribution in [1.29, 1.82) is 0 Å². The minimum absolute atomic E-state index is 0.293. The Hall–Kier alpha value is -2.57. The number of aryl methyl sites for hydroxylation is 1. The van der Waals surface area contributed by atoms with Gasteiger partial charge < -0.3 is 9.30 Å². The summed E-state index contributed by atoms with van der Waals surface area (Å²) in [5.41, 5.74) is 2.75. The summed E-state index contributed by atoms with van der Waals surface area (Å²) in [6.45, 7) is 2.92. The van der Waals surface area contributed by atoms with Gasteiger partial charge in [0.05, 0.1) is 18.0 Å². The van der Waals surface area contributed by atoms with Crippen LogP contribution in [0.4, 0.5) is 0 Å². The second-order valence-corrected chi connectivity index (χ2v) is 8.58. The largest absolute Gasteiger partial charge is 0.496 e. The van der Waals surface area contributed by atoms with E-state index in [4.69, 9.17) is 4.74 Å². The first kappa shape index (κ1) is 17.8. The molecule has 0 fully saturated rings. The molecule has 2 aromatic carbocycles. The molecule has 5 nitrogen and oxygen atoms in total. The average Bonchev–Trinajstić information content (AvgIpc) is 3.16. The van der Waals surface area contributed by atoms with E-state index in [9.17, 15) is 8.42 Å². The molecule has 0 amide bonds. The van der Waals surface area contributed by atoms with Crippen LogP contribution in [0.15, 0.2) is 71.8 Å². The SMILES string of the molecule is COc1ccc(S(=O)(=O)N2CCn3cccc3[C@@H]2c2ccccc2)cc1C. The van der Waals surface area contributed by atoms with Crippen LogP contribution in [0.25, 0.3) is 0 Å². The molecule has 3 aromatic rings. The summed E-state index contributed by atoms with van der Waals surface area (Å²) in [4.78, 5) is 0.293. The summed E-state index contributed by atoms with van der Waals surface area (Å²) < 4.78 is 36.1. The zero-order chi connectivity index (χ0) is 19.0. The van der Waals surface area contributed by atoms with Crippen LogP contribution < -0.4 is 4.74 Å². The number of aromatic nitrogens is 1. The van der Waals surface area contributed by atoms with E-state index in [2.05, 4.69) is 4.57 Å². The highest BCUT2D eigenvalue weighted by molar-refractivity contribution is 7.89. The highest BCUT2D eigenvalue weighted by Gasteiger charge is 2.37. The number of nitrogens with zero attached hydrogens (tertiary/aromatic N) is 2. The third kappa shape index (κ3) is 3.05. The molecule has 0 saturated carbocycles. The van der Waals surface area contributed by atoms with E-state index < -0.39 is 10.0 Å². The molecule has 140 valence electrons. The first-order chi connectivity index (χ1) is 13.0. The summed E-state index contributed by atoms with van der Waals surface area (Å²) in [6.07, 6.45) is 2.01. The molecule has 0 spiro atoms. The van der Waals surface area contributed by atoms with Crippen molar-refractivity contribution < 1.29 is 13.2 Å². The van der Waals surface area contributed by atoms with E-state index in [1.165, 1.54) is 0 Å². The highest BCUT2D eigenvalue weighted by Crippen LogP contribution is 2.37. The molecule has 1 aliphatic heterocycles. The average molecular weight is 382 g/mol. The van der Waals surface area contributed by atoms with Crippen molar-refractivity contribution in [3.8, 4) is 5.75 Å². The number of hydrogen-bond donors (Lipinski definition) is 0. The quantitative estimate of drug-likeness (QED) is 0.693. The Morgan fingerprint density at radius 3 is 2.48 bits per heavy atom. The molecular weight excluding hydrogens is 360 g/mol. The van der Waals surface area contributed by atoms with Gasteiger partial charge in [-0.3, -0.25) is 0 Å². The number of rotatable bonds is 4. The Morgan fingerprint density at radius 2 is 1.78 bits per heavy atom. The minimum atomic E-state index is -3.66. The molecule has 2 heterocycles. The minimum Gasteiger partial charge on any atom is -0.496 e. The third-order valence-corrected chi connectivity index (χ3v) is 6.94. The molecule has 27 heavy (non-hydrogen) atoms. The van der Waals surface area contributed by atoms with Crippen LogP contribution in [0.2, 0.25) is 0 Å². The van der Waals surface area contributed by atoms with E-state index in [1.54, 1.807) is 29.6 Å². The molecule has 4 rings (SSSR count). The molecule has 0 aliphatic carbocycles. The third-order valence-electron chi connectivity index (χ3n) is 5.08. The molecule has 1 atom stereocenters. The number of ether oxygens (including phenoxy) is 1. The Labute approximate surface area is 159 Å². The van der Waals surface area contributed by atoms with Crippen LogP contribution in [0.5, 0.6) is 5.75 Å². The first-order valence-electron chi connectivity index (χ1n) is 8.89. The standard InChI is InChI=1S/C21H22N2O3S/c1-16-15-18(10-11-20(16)26-2)27(24,25)23-14-13-22-12-6-9-19(22)21(23)17-7-4-3-5-8-17/h3-12,15,21H,13-14H2,1-2H3/t21-/m0/s1. The van der Waals surface area contributed by atoms with Crippen molar-refractivity contribution in [3.63, 3.8) is 0 Å². The molecule has 6 heteroatoms. The number of benzene rings is 2. The van der Waals surface area contributed by atoms with Crippen LogP contribution in [-0.4, -0.2) is 30.9 Å². The molecular formula is C21H22N2O3S. The summed E-state index contributed by atoms with van der Waals surface area (Å²) in [5.74, 6) is 0.682. The van der Waals surface area contributed by atoms with Crippen molar-refractivity contribution in [3.05, 3.63) is 83.7 Å². The molecule has 0 unspecified atom stereocenters. The van der Waals surface area contributed by atoms with Crippen molar-refractivity contribution in [2.75, 3.05) is 13.7 Å². The van der Waals surface area contributed by atoms with Gasteiger partial charge in [0.25, 0.3) is 0 Å². The van der Waals surface area contributed by atoms with E-state index in [1.807, 2.05) is 55.6 Å². The fraction of sp³-hybridized carbons (Fsp3) is 0.238. The van der Waals surface area contributed by atoms with E-state index >= 15 is 0 Å². The monoisotopic (exact) mass is 382 g/mol. The van der Waals surface area contributed by atoms with Crippen molar-refractivity contribution in [2.24, 2.45) is 0 Å². The van der Waals surface area contributed by atoms with Gasteiger partial charge in [-0.2, -0.15) is 4.31 Å². The Bertz CT molecular complexity index is 1060. The van der Waals surface area contributed by atoms with Gasteiger partial charge in [0.15, 0.2) is 0 Å². The van der Waals surface area contributed by atoms with Gasteiger partial charge in [-0.05, 0) is 48.4 Å².